The number of rotatable bonds is 5. The van der Waals surface area contributed by atoms with Gasteiger partial charge in [0.15, 0.2) is 0 Å². The van der Waals surface area contributed by atoms with Crippen LogP contribution in [0.4, 0.5) is 0 Å². The number of ether oxygens (including phenoxy) is 1. The van der Waals surface area contributed by atoms with Crippen molar-refractivity contribution in [3.05, 3.63) is 65.2 Å². The molecule has 0 amide bonds. The lowest BCUT2D eigenvalue weighted by atomic mass is 10.1. The molecule has 19 heavy (non-hydrogen) atoms. The van der Waals surface area contributed by atoms with E-state index in [0.29, 0.717) is 5.75 Å². The predicted octanol–water partition coefficient (Wildman–Crippen LogP) is 1.12. The Morgan fingerprint density at radius 1 is 1.11 bits per heavy atom. The van der Waals surface area contributed by atoms with Crippen molar-refractivity contribution in [2.75, 3.05) is 0 Å². The first-order chi connectivity index (χ1) is 9.19. The van der Waals surface area contributed by atoms with Gasteiger partial charge in [-0.2, -0.15) is 0 Å². The van der Waals surface area contributed by atoms with Gasteiger partial charge in [-0.15, -0.1) is 0 Å². The van der Waals surface area contributed by atoms with Gasteiger partial charge in [0.25, 0.3) is 0 Å². The molecule has 0 aliphatic rings. The summed E-state index contributed by atoms with van der Waals surface area (Å²) in [6, 6.07) is 13.5. The van der Waals surface area contributed by atoms with Crippen LogP contribution in [0.15, 0.2) is 48.5 Å². The van der Waals surface area contributed by atoms with Crippen LogP contribution in [-0.4, -0.2) is 11.1 Å². The van der Waals surface area contributed by atoms with E-state index in [0.717, 1.165) is 11.1 Å². The van der Waals surface area contributed by atoms with Crippen molar-refractivity contribution in [3.8, 4) is 5.75 Å². The molecule has 0 spiro atoms. The molecule has 0 atom stereocenters. The third kappa shape index (κ3) is 3.56. The smallest absolute Gasteiger partial charge is 0.119 e. The minimum Gasteiger partial charge on any atom is -0.545 e. The molecule has 2 rings (SSSR count). The van der Waals surface area contributed by atoms with Crippen LogP contribution < -0.4 is 9.84 Å². The molecule has 0 bridgehead atoms. The number of benzene rings is 2. The third-order valence-electron chi connectivity index (χ3n) is 2.67. The van der Waals surface area contributed by atoms with Crippen molar-refractivity contribution < 1.29 is 19.7 Å². The molecule has 1 N–H and O–H groups in total. The van der Waals surface area contributed by atoms with Gasteiger partial charge >= 0.3 is 0 Å². The van der Waals surface area contributed by atoms with E-state index < -0.39 is 5.97 Å². The first kappa shape index (κ1) is 13.1. The fourth-order valence-corrected chi connectivity index (χ4v) is 1.65. The maximum Gasteiger partial charge on any atom is 0.119 e. The molecule has 0 heterocycles. The maximum absolute atomic E-state index is 10.7. The molecular weight excluding hydrogens is 244 g/mol. The number of carbonyl (C=O) groups is 1. The van der Waals surface area contributed by atoms with Crippen LogP contribution in [-0.2, 0) is 13.2 Å². The largest absolute Gasteiger partial charge is 0.545 e. The van der Waals surface area contributed by atoms with E-state index in [1.54, 1.807) is 36.4 Å². The Morgan fingerprint density at radius 3 is 2.47 bits per heavy atom. The number of hydrogen-bond acceptors (Lipinski definition) is 4. The first-order valence-corrected chi connectivity index (χ1v) is 5.82. The summed E-state index contributed by atoms with van der Waals surface area (Å²) >= 11 is 0. The second-order valence-corrected chi connectivity index (χ2v) is 4.08. The normalized spacial score (nSPS) is 10.2. The highest BCUT2D eigenvalue weighted by Crippen LogP contribution is 2.14. The summed E-state index contributed by atoms with van der Waals surface area (Å²) in [7, 11) is 0. The van der Waals surface area contributed by atoms with Crippen LogP contribution in [0.3, 0.4) is 0 Å². The van der Waals surface area contributed by atoms with Crippen LogP contribution in [0.25, 0.3) is 0 Å². The van der Waals surface area contributed by atoms with E-state index in [-0.39, 0.29) is 18.8 Å². The van der Waals surface area contributed by atoms with Gasteiger partial charge in [-0.3, -0.25) is 0 Å². The Labute approximate surface area is 110 Å². The fourth-order valence-electron chi connectivity index (χ4n) is 1.65. The summed E-state index contributed by atoms with van der Waals surface area (Å²) in [4.78, 5) is 10.7. The molecule has 4 nitrogen and oxygen atoms in total. The molecule has 0 fully saturated rings. The second kappa shape index (κ2) is 6.02. The van der Waals surface area contributed by atoms with Crippen LogP contribution >= 0.6 is 0 Å². The fraction of sp³-hybridized carbons (Fsp3) is 0.133. The minimum absolute atomic E-state index is 0.00602. The average molecular weight is 257 g/mol. The summed E-state index contributed by atoms with van der Waals surface area (Å²) in [5, 5.41) is 19.6. The Balaban J connectivity index is 2.01. The van der Waals surface area contributed by atoms with E-state index in [4.69, 9.17) is 9.84 Å². The zero-order valence-electron chi connectivity index (χ0n) is 10.2. The SMILES string of the molecule is O=C([O-])c1cccc(COc2ccc(CO)cc2)c1. The van der Waals surface area contributed by atoms with Gasteiger partial charge in [0.05, 0.1) is 12.6 Å². The maximum atomic E-state index is 10.7. The van der Waals surface area contributed by atoms with Crippen LogP contribution in [0.5, 0.6) is 5.75 Å². The summed E-state index contributed by atoms with van der Waals surface area (Å²) in [5.41, 5.74) is 1.70. The van der Waals surface area contributed by atoms with Crippen LogP contribution in [0, 0.1) is 0 Å². The lowest BCUT2D eigenvalue weighted by molar-refractivity contribution is -0.255. The molecule has 0 aromatic heterocycles. The van der Waals surface area contributed by atoms with Crippen molar-refractivity contribution in [2.24, 2.45) is 0 Å². The summed E-state index contributed by atoms with van der Waals surface area (Å²) in [5.74, 6) is -0.537. The molecule has 0 aliphatic heterocycles. The van der Waals surface area contributed by atoms with E-state index in [1.165, 1.54) is 12.1 Å². The summed E-state index contributed by atoms with van der Waals surface area (Å²) in [6.45, 7) is 0.271. The number of carbonyl (C=O) groups excluding carboxylic acids is 1. The molecule has 0 aliphatic carbocycles. The van der Waals surface area contributed by atoms with E-state index in [1.807, 2.05) is 0 Å². The summed E-state index contributed by atoms with van der Waals surface area (Å²) in [6.07, 6.45) is 0. The number of carboxylic acid groups (broad SMARTS) is 1. The topological polar surface area (TPSA) is 69.6 Å². The predicted molar refractivity (Wildman–Crippen MR) is 67.5 cm³/mol. The highest BCUT2D eigenvalue weighted by molar-refractivity contribution is 5.85. The number of carboxylic acids is 1. The van der Waals surface area contributed by atoms with Gasteiger partial charge < -0.3 is 19.7 Å². The van der Waals surface area contributed by atoms with Gasteiger partial charge in [-0.05, 0) is 34.9 Å². The quantitative estimate of drug-likeness (QED) is 0.871. The van der Waals surface area contributed by atoms with Crippen molar-refractivity contribution in [2.45, 2.75) is 13.2 Å². The molecule has 0 unspecified atom stereocenters. The lowest BCUT2D eigenvalue weighted by Crippen LogP contribution is -2.22. The second-order valence-electron chi connectivity index (χ2n) is 4.08. The molecule has 0 saturated heterocycles. The zero-order chi connectivity index (χ0) is 13.7. The van der Waals surface area contributed by atoms with Crippen molar-refractivity contribution >= 4 is 5.97 Å². The first-order valence-electron chi connectivity index (χ1n) is 5.82. The van der Waals surface area contributed by atoms with Crippen molar-refractivity contribution in [3.63, 3.8) is 0 Å². The molecule has 2 aromatic rings. The standard InChI is InChI=1S/C15H14O4/c16-9-11-4-6-14(7-5-11)19-10-12-2-1-3-13(8-12)15(17)18/h1-8,16H,9-10H2,(H,17,18)/p-1. The van der Waals surface area contributed by atoms with Gasteiger partial charge in [0.2, 0.25) is 0 Å². The van der Waals surface area contributed by atoms with Gasteiger partial charge in [-0.1, -0.05) is 30.3 Å². The number of aliphatic hydroxyl groups is 1. The Kier molecular flexibility index (Phi) is 4.15. The third-order valence-corrected chi connectivity index (χ3v) is 2.67. The Bertz CT molecular complexity index is 561. The number of hydrogen-bond donors (Lipinski definition) is 1. The number of aliphatic hydroxyl groups excluding tert-OH is 1. The molecule has 2 aromatic carbocycles. The van der Waals surface area contributed by atoms with Crippen molar-refractivity contribution in [1.29, 1.82) is 0 Å². The molecule has 98 valence electrons. The molecule has 4 heteroatoms. The molecule has 0 saturated carbocycles. The molecular formula is C15H13O4-. The highest BCUT2D eigenvalue weighted by atomic mass is 16.5. The Morgan fingerprint density at radius 2 is 1.84 bits per heavy atom. The summed E-state index contributed by atoms with van der Waals surface area (Å²) < 4.78 is 5.53. The van der Waals surface area contributed by atoms with Crippen LogP contribution in [0.2, 0.25) is 0 Å². The number of aromatic carboxylic acids is 1. The van der Waals surface area contributed by atoms with Gasteiger partial charge in [0.1, 0.15) is 12.4 Å². The monoisotopic (exact) mass is 257 g/mol. The van der Waals surface area contributed by atoms with Crippen molar-refractivity contribution in [1.82, 2.24) is 0 Å². The highest BCUT2D eigenvalue weighted by Gasteiger charge is 1.99. The van der Waals surface area contributed by atoms with Gasteiger partial charge in [0, 0.05) is 0 Å². The average Bonchev–Trinajstić information content (AvgIpc) is 2.46. The van der Waals surface area contributed by atoms with E-state index in [9.17, 15) is 9.90 Å². The lowest BCUT2D eigenvalue weighted by Gasteiger charge is -2.08. The zero-order valence-corrected chi connectivity index (χ0v) is 10.2. The minimum atomic E-state index is -1.20. The van der Waals surface area contributed by atoms with Gasteiger partial charge in [-0.25, -0.2) is 0 Å². The Hall–Kier alpha value is -2.33. The van der Waals surface area contributed by atoms with Crippen LogP contribution in [0.1, 0.15) is 21.5 Å². The van der Waals surface area contributed by atoms with E-state index >= 15 is 0 Å². The molecule has 0 radical (unpaired) electrons. The van der Waals surface area contributed by atoms with E-state index in [2.05, 4.69) is 0 Å².